The maximum Gasteiger partial charge on any atom is 0.165 e. The highest BCUT2D eigenvalue weighted by Gasteiger charge is 2.55. The number of aliphatic hydroxyl groups excluding tert-OH is 4. The van der Waals surface area contributed by atoms with Crippen molar-refractivity contribution in [2.75, 3.05) is 6.61 Å². The van der Waals surface area contributed by atoms with Crippen molar-refractivity contribution in [2.24, 2.45) is 0 Å². The third-order valence-corrected chi connectivity index (χ3v) is 6.01. The maximum absolute atomic E-state index is 14.3. The fraction of sp³-hybridized carbons (Fsp3) is 0.455. The molecule has 14 heteroatoms. The number of aliphatic hydroxyl groups is 6. The molecule has 0 fully saturated rings. The summed E-state index contributed by atoms with van der Waals surface area (Å²) in [6.07, 6.45) is -12.3. The summed E-state index contributed by atoms with van der Waals surface area (Å²) in [5.41, 5.74) is -9.74. The third-order valence-electron chi connectivity index (χ3n) is 6.01. The van der Waals surface area contributed by atoms with E-state index in [1.54, 1.807) is 0 Å². The van der Waals surface area contributed by atoms with Crippen LogP contribution in [0, 0.1) is 46.5 Å². The number of rotatable bonds is 10. The summed E-state index contributed by atoms with van der Waals surface area (Å²) in [6.45, 7) is -0.339. The van der Waals surface area contributed by atoms with Gasteiger partial charge in [0.1, 0.15) is 23.9 Å². The Bertz CT molecular complexity index is 1070. The van der Waals surface area contributed by atoms with E-state index in [0.29, 0.717) is 0 Å². The fourth-order valence-corrected chi connectivity index (χ4v) is 3.82. The van der Waals surface area contributed by atoms with Gasteiger partial charge in [0.15, 0.2) is 46.5 Å². The number of halogens is 8. The zero-order valence-electron chi connectivity index (χ0n) is 18.4. The van der Waals surface area contributed by atoms with Gasteiger partial charge in [-0.3, -0.25) is 0 Å². The van der Waals surface area contributed by atoms with E-state index in [1.165, 1.54) is 0 Å². The van der Waals surface area contributed by atoms with Crippen molar-refractivity contribution in [3.05, 3.63) is 69.8 Å². The zero-order chi connectivity index (χ0) is 27.7. The van der Waals surface area contributed by atoms with Crippen LogP contribution >= 0.6 is 0 Å². The molecule has 6 nitrogen and oxygen atoms in total. The van der Waals surface area contributed by atoms with Gasteiger partial charge in [0.25, 0.3) is 0 Å². The van der Waals surface area contributed by atoms with Crippen LogP contribution in [0.3, 0.4) is 0 Å². The molecule has 0 aliphatic carbocycles. The van der Waals surface area contributed by atoms with Gasteiger partial charge in [-0.1, -0.05) is 6.92 Å². The predicted octanol–water partition coefficient (Wildman–Crippen LogP) is 1.53. The van der Waals surface area contributed by atoms with Crippen LogP contribution < -0.4 is 0 Å². The van der Waals surface area contributed by atoms with E-state index in [9.17, 15) is 60.7 Å². The second-order valence-electron chi connectivity index (χ2n) is 8.29. The average Bonchev–Trinajstić information content (AvgIpc) is 2.84. The molecule has 6 N–H and O–H groups in total. The van der Waals surface area contributed by atoms with Crippen molar-refractivity contribution in [3.63, 3.8) is 0 Å². The molecule has 0 saturated carbocycles. The molecule has 0 heterocycles. The van der Waals surface area contributed by atoms with Crippen molar-refractivity contribution in [2.45, 2.75) is 55.7 Å². The Balaban J connectivity index is 2.70. The Morgan fingerprint density at radius 1 is 0.694 bits per heavy atom. The molecule has 0 bridgehead atoms. The minimum absolute atomic E-state index is 0.155. The van der Waals surface area contributed by atoms with Crippen LogP contribution in [0.4, 0.5) is 35.1 Å². The van der Waals surface area contributed by atoms with Gasteiger partial charge < -0.3 is 30.6 Å². The summed E-state index contributed by atoms with van der Waals surface area (Å²) >= 11 is 0. The van der Waals surface area contributed by atoms with Crippen LogP contribution in [0.5, 0.6) is 0 Å². The first-order chi connectivity index (χ1) is 16.5. The van der Waals surface area contributed by atoms with Crippen LogP contribution in [-0.2, 0) is 12.8 Å². The molecule has 0 aliphatic heterocycles. The van der Waals surface area contributed by atoms with E-state index in [1.807, 2.05) is 0 Å². The van der Waals surface area contributed by atoms with Gasteiger partial charge in [0.2, 0.25) is 0 Å². The van der Waals surface area contributed by atoms with Gasteiger partial charge in [-0.05, 0) is 6.42 Å². The summed E-state index contributed by atoms with van der Waals surface area (Å²) in [7, 11) is 0. The number of benzene rings is 2. The summed E-state index contributed by atoms with van der Waals surface area (Å²) < 4.78 is 112. The first-order valence-electron chi connectivity index (χ1n) is 10.3. The van der Waals surface area contributed by atoms with Crippen molar-refractivity contribution >= 4 is 0 Å². The molecule has 0 radical (unpaired) electrons. The molecule has 0 amide bonds. The molecule has 0 aromatic heterocycles. The third kappa shape index (κ3) is 5.33. The van der Waals surface area contributed by atoms with Crippen molar-refractivity contribution < 1.29 is 65.8 Å². The molecule has 2 aromatic rings. The largest absolute Gasteiger partial charge is 0.394 e. The molecule has 2 aromatic carbocycles. The second-order valence-corrected chi connectivity index (χ2v) is 8.29. The van der Waals surface area contributed by atoms with Crippen molar-refractivity contribution in [1.29, 1.82) is 0 Å². The highest BCUT2D eigenvalue weighted by Crippen LogP contribution is 2.37. The second kappa shape index (κ2) is 10.9. The lowest BCUT2D eigenvalue weighted by atomic mass is 9.72. The fourth-order valence-electron chi connectivity index (χ4n) is 3.82. The summed E-state index contributed by atoms with van der Waals surface area (Å²) in [4.78, 5) is 0. The van der Waals surface area contributed by atoms with E-state index >= 15 is 0 Å². The van der Waals surface area contributed by atoms with Gasteiger partial charge in [0.05, 0.1) is 12.2 Å². The average molecular weight is 534 g/mol. The van der Waals surface area contributed by atoms with Gasteiger partial charge in [-0.2, -0.15) is 0 Å². The molecule has 5 atom stereocenters. The number of hydrogen-bond acceptors (Lipinski definition) is 6. The maximum atomic E-state index is 14.3. The first kappa shape index (κ1) is 29.9. The Morgan fingerprint density at radius 3 is 1.39 bits per heavy atom. The van der Waals surface area contributed by atoms with Gasteiger partial charge >= 0.3 is 0 Å². The molecule has 202 valence electrons. The molecule has 0 spiro atoms. The lowest BCUT2D eigenvalue weighted by Gasteiger charge is -2.45. The minimum Gasteiger partial charge on any atom is -0.394 e. The topological polar surface area (TPSA) is 121 Å². The quantitative estimate of drug-likeness (QED) is 0.203. The summed E-state index contributed by atoms with van der Waals surface area (Å²) in [5.74, 6) is -16.0. The van der Waals surface area contributed by atoms with E-state index in [4.69, 9.17) is 5.11 Å². The predicted molar refractivity (Wildman–Crippen MR) is 105 cm³/mol. The molecule has 0 aliphatic rings. The highest BCUT2D eigenvalue weighted by atomic mass is 19.2. The van der Waals surface area contributed by atoms with Crippen molar-refractivity contribution in [1.82, 2.24) is 0 Å². The standard InChI is InChI=1S/C22H22F8O6/c1-2-21(35,5-8-15(27)10(23)3-11(24)16(8)28)20(34)22(36,19(33)14(32)7-31)6-9-17(29)12(25)4-13(26)18(9)30/h3-4,14,19-20,31-36H,2,5-7H2,1H3/t14-,19+,20+,21?,22+/m0/s1. The molecule has 1 unspecified atom stereocenters. The molecule has 36 heavy (non-hydrogen) atoms. The highest BCUT2D eigenvalue weighted by molar-refractivity contribution is 5.28. The summed E-state index contributed by atoms with van der Waals surface area (Å²) in [5, 5.41) is 62.2. The monoisotopic (exact) mass is 534 g/mol. The van der Waals surface area contributed by atoms with E-state index in [0.717, 1.165) is 6.92 Å². The lowest BCUT2D eigenvalue weighted by Crippen LogP contribution is -2.66. The smallest absolute Gasteiger partial charge is 0.165 e. The first-order valence-corrected chi connectivity index (χ1v) is 10.3. The Kier molecular flexibility index (Phi) is 9.08. The summed E-state index contributed by atoms with van der Waals surface area (Å²) in [6, 6.07) is -0.355. The van der Waals surface area contributed by atoms with Crippen LogP contribution in [0.25, 0.3) is 0 Å². The Morgan fingerprint density at radius 2 is 1.06 bits per heavy atom. The van der Waals surface area contributed by atoms with E-state index in [2.05, 4.69) is 0 Å². The molecular formula is C22H22F8O6. The Labute approximate surface area is 198 Å². The SMILES string of the molecule is CCC(O)(Cc1c(F)c(F)cc(F)c1F)[C@@H](O)[C@@](O)(Cc1c(F)c(F)cc(F)c1F)[C@H](O)[C@@H](O)CO. The lowest BCUT2D eigenvalue weighted by molar-refractivity contribution is -0.229. The van der Waals surface area contributed by atoms with Crippen molar-refractivity contribution in [3.8, 4) is 0 Å². The van der Waals surface area contributed by atoms with E-state index in [-0.39, 0.29) is 12.1 Å². The van der Waals surface area contributed by atoms with Gasteiger partial charge in [-0.25, -0.2) is 35.1 Å². The minimum atomic E-state index is -3.59. The van der Waals surface area contributed by atoms with Gasteiger partial charge in [0, 0.05) is 36.1 Å². The normalized spacial score (nSPS) is 17.9. The van der Waals surface area contributed by atoms with E-state index < -0.39 is 113 Å². The molecule has 0 saturated heterocycles. The zero-order valence-corrected chi connectivity index (χ0v) is 18.4. The number of hydrogen-bond donors (Lipinski definition) is 6. The Hall–Kier alpha value is -2.36. The van der Waals surface area contributed by atoms with Crippen LogP contribution in [0.2, 0.25) is 0 Å². The van der Waals surface area contributed by atoms with Crippen LogP contribution in [-0.4, -0.2) is 66.8 Å². The molecular weight excluding hydrogens is 512 g/mol. The van der Waals surface area contributed by atoms with Crippen LogP contribution in [0.1, 0.15) is 24.5 Å². The van der Waals surface area contributed by atoms with Crippen LogP contribution in [0.15, 0.2) is 12.1 Å². The van der Waals surface area contributed by atoms with Gasteiger partial charge in [-0.15, -0.1) is 0 Å². The molecule has 2 rings (SSSR count).